The van der Waals surface area contributed by atoms with Crippen molar-refractivity contribution in [1.82, 2.24) is 0 Å². The van der Waals surface area contributed by atoms with Gasteiger partial charge in [0.1, 0.15) is 34.8 Å². The Morgan fingerprint density at radius 2 is 1.61 bits per heavy atom. The first-order valence-corrected chi connectivity index (χ1v) is 11.4. The predicted octanol–water partition coefficient (Wildman–Crippen LogP) is 3.08. The Balaban J connectivity index is 3.56. The van der Waals surface area contributed by atoms with Gasteiger partial charge in [0.05, 0.1) is 5.60 Å². The molecule has 0 amide bonds. The molecule has 1 rings (SSSR count). The number of carbonyl (C=O) groups excluding carboxylic acids is 3. The van der Waals surface area contributed by atoms with Crippen LogP contribution in [0.25, 0.3) is 0 Å². The number of Topliss-reactive ketones (excluding diaryl/α,β-unsaturated/α-hetero) is 2. The van der Waals surface area contributed by atoms with Gasteiger partial charge in [-0.1, -0.05) is 34.6 Å². The van der Waals surface area contributed by atoms with Crippen molar-refractivity contribution in [3.05, 3.63) is 0 Å². The highest BCUT2D eigenvalue weighted by atomic mass is 16.6. The maximum absolute atomic E-state index is 13.1. The molecule has 0 saturated carbocycles. The van der Waals surface area contributed by atoms with Gasteiger partial charge in [0.2, 0.25) is 0 Å². The number of cyclic esters (lactones) is 1. The molecule has 0 bridgehead atoms. The maximum Gasteiger partial charge on any atom is 0.316 e. The first kappa shape index (κ1) is 27.7. The highest BCUT2D eigenvalue weighted by Gasteiger charge is 2.53. The number of ketones is 2. The van der Waals surface area contributed by atoms with Crippen LogP contribution in [0.5, 0.6) is 0 Å². The molecular formula is C24H42O7. The number of methoxy groups -OCH3 is 1. The van der Waals surface area contributed by atoms with E-state index in [1.165, 1.54) is 13.8 Å². The monoisotopic (exact) mass is 442 g/mol. The number of rotatable bonds is 3. The van der Waals surface area contributed by atoms with Crippen molar-refractivity contribution in [3.63, 3.8) is 0 Å². The second kappa shape index (κ2) is 10.1. The Hall–Kier alpha value is -1.31. The Labute approximate surface area is 186 Å². The van der Waals surface area contributed by atoms with Crippen LogP contribution >= 0.6 is 0 Å². The molecule has 0 spiro atoms. The summed E-state index contributed by atoms with van der Waals surface area (Å²) in [7, 11) is 1.55. The molecule has 1 heterocycles. The SMILES string of the molecule is CC[C@H]1OC(=O)[C@H](C)C(=O)[C@H](C)[C@@H](C)[C@](C)(OC)C[C@@H](C)C(=O)CC(O)(CC)[C@]1(C)O. The Morgan fingerprint density at radius 3 is 2.06 bits per heavy atom. The van der Waals surface area contributed by atoms with Gasteiger partial charge in [0.15, 0.2) is 0 Å². The van der Waals surface area contributed by atoms with Crippen LogP contribution in [-0.2, 0) is 23.9 Å². The highest BCUT2D eigenvalue weighted by molar-refractivity contribution is 5.99. The van der Waals surface area contributed by atoms with E-state index in [0.29, 0.717) is 6.42 Å². The Bertz CT molecular complexity index is 673. The number of hydrogen-bond donors (Lipinski definition) is 2. The van der Waals surface area contributed by atoms with E-state index in [-0.39, 0.29) is 36.7 Å². The summed E-state index contributed by atoms with van der Waals surface area (Å²) in [5.41, 5.74) is -4.46. The molecule has 180 valence electrons. The molecule has 1 saturated heterocycles. The highest BCUT2D eigenvalue weighted by Crippen LogP contribution is 2.40. The van der Waals surface area contributed by atoms with Gasteiger partial charge in [-0.2, -0.15) is 0 Å². The second-order valence-electron chi connectivity index (χ2n) is 9.83. The molecule has 0 aromatic carbocycles. The average molecular weight is 443 g/mol. The molecule has 0 aliphatic carbocycles. The van der Waals surface area contributed by atoms with Gasteiger partial charge >= 0.3 is 5.97 Å². The van der Waals surface area contributed by atoms with E-state index >= 15 is 0 Å². The molecule has 7 nitrogen and oxygen atoms in total. The number of aliphatic hydroxyl groups is 2. The minimum Gasteiger partial charge on any atom is -0.459 e. The fourth-order valence-electron chi connectivity index (χ4n) is 4.72. The van der Waals surface area contributed by atoms with Gasteiger partial charge in [-0.25, -0.2) is 0 Å². The molecule has 31 heavy (non-hydrogen) atoms. The summed E-state index contributed by atoms with van der Waals surface area (Å²) in [4.78, 5) is 39.0. The van der Waals surface area contributed by atoms with Crippen LogP contribution < -0.4 is 0 Å². The van der Waals surface area contributed by atoms with E-state index < -0.39 is 46.6 Å². The smallest absolute Gasteiger partial charge is 0.316 e. The van der Waals surface area contributed by atoms with Gasteiger partial charge in [-0.15, -0.1) is 0 Å². The lowest BCUT2D eigenvalue weighted by Crippen LogP contribution is -2.61. The van der Waals surface area contributed by atoms with Crippen LogP contribution in [0.4, 0.5) is 0 Å². The molecule has 1 aliphatic rings. The quantitative estimate of drug-likeness (QED) is 0.510. The van der Waals surface area contributed by atoms with E-state index in [2.05, 4.69) is 0 Å². The standard InChI is InChI=1S/C24H42O7/c1-10-19-23(8,28)24(29,11-2)13-18(25)14(3)12-22(7,30-9)17(6)15(4)20(26)16(5)21(27)31-19/h14-17,19,28-29H,10-13H2,1-9H3/t14-,15-,16-,17-,19-,22-,23-,24?/m1/s1. The molecule has 2 N–H and O–H groups in total. The molecule has 0 radical (unpaired) electrons. The third kappa shape index (κ3) is 5.37. The number of ether oxygens (including phenoxy) is 2. The van der Waals surface area contributed by atoms with Crippen LogP contribution in [0.15, 0.2) is 0 Å². The largest absolute Gasteiger partial charge is 0.459 e. The molecule has 1 fully saturated rings. The van der Waals surface area contributed by atoms with Crippen molar-refractivity contribution in [1.29, 1.82) is 0 Å². The van der Waals surface area contributed by atoms with Crippen LogP contribution in [0, 0.1) is 23.7 Å². The zero-order valence-electron chi connectivity index (χ0n) is 20.7. The molecule has 1 aliphatic heterocycles. The first-order valence-electron chi connectivity index (χ1n) is 11.4. The lowest BCUT2D eigenvalue weighted by atomic mass is 9.70. The fraction of sp³-hybridized carbons (Fsp3) is 0.875. The van der Waals surface area contributed by atoms with Crippen LogP contribution in [-0.4, -0.2) is 57.8 Å². The third-order valence-electron chi connectivity index (χ3n) is 7.92. The van der Waals surface area contributed by atoms with Crippen molar-refractivity contribution in [2.24, 2.45) is 23.7 Å². The van der Waals surface area contributed by atoms with E-state index in [9.17, 15) is 24.6 Å². The molecular weight excluding hydrogens is 400 g/mol. The van der Waals surface area contributed by atoms with Gasteiger partial charge in [0.25, 0.3) is 0 Å². The van der Waals surface area contributed by atoms with E-state index in [0.717, 1.165) is 0 Å². The number of carbonyl (C=O) groups is 3. The zero-order valence-corrected chi connectivity index (χ0v) is 20.7. The minimum atomic E-state index is -1.88. The predicted molar refractivity (Wildman–Crippen MR) is 117 cm³/mol. The van der Waals surface area contributed by atoms with Crippen LogP contribution in [0.3, 0.4) is 0 Å². The van der Waals surface area contributed by atoms with E-state index in [1.54, 1.807) is 34.8 Å². The maximum atomic E-state index is 13.1. The molecule has 0 aromatic heterocycles. The minimum absolute atomic E-state index is 0.0932. The summed E-state index contributed by atoms with van der Waals surface area (Å²) in [6.07, 6.45) is -0.679. The van der Waals surface area contributed by atoms with Crippen molar-refractivity contribution >= 4 is 17.5 Å². The Kier molecular flexibility index (Phi) is 9.02. The van der Waals surface area contributed by atoms with Crippen LogP contribution in [0.2, 0.25) is 0 Å². The third-order valence-corrected chi connectivity index (χ3v) is 7.92. The summed E-state index contributed by atoms with van der Waals surface area (Å²) >= 11 is 0. The van der Waals surface area contributed by atoms with Gasteiger partial charge < -0.3 is 19.7 Å². The van der Waals surface area contributed by atoms with Gasteiger partial charge in [-0.3, -0.25) is 14.4 Å². The lowest BCUT2D eigenvalue weighted by molar-refractivity contribution is -0.214. The van der Waals surface area contributed by atoms with E-state index in [4.69, 9.17) is 9.47 Å². The fourth-order valence-corrected chi connectivity index (χ4v) is 4.72. The summed E-state index contributed by atoms with van der Waals surface area (Å²) in [6.45, 7) is 13.6. The second-order valence-corrected chi connectivity index (χ2v) is 9.83. The first-order chi connectivity index (χ1) is 14.1. The van der Waals surface area contributed by atoms with Crippen molar-refractivity contribution in [3.8, 4) is 0 Å². The average Bonchev–Trinajstić information content (AvgIpc) is 2.73. The van der Waals surface area contributed by atoms with E-state index in [1.807, 2.05) is 13.8 Å². The lowest BCUT2D eigenvalue weighted by Gasteiger charge is -2.46. The topological polar surface area (TPSA) is 110 Å². The Morgan fingerprint density at radius 1 is 1.06 bits per heavy atom. The molecule has 8 atom stereocenters. The summed E-state index contributed by atoms with van der Waals surface area (Å²) in [6, 6.07) is 0. The molecule has 7 heteroatoms. The normalized spacial score (nSPS) is 44.0. The van der Waals surface area contributed by atoms with Crippen molar-refractivity contribution in [2.75, 3.05) is 7.11 Å². The molecule has 1 unspecified atom stereocenters. The van der Waals surface area contributed by atoms with Crippen LogP contribution in [0.1, 0.15) is 81.1 Å². The van der Waals surface area contributed by atoms with Gasteiger partial charge in [-0.05, 0) is 46.0 Å². The summed E-state index contributed by atoms with van der Waals surface area (Å²) < 4.78 is 11.3. The van der Waals surface area contributed by atoms with Crippen molar-refractivity contribution < 1.29 is 34.1 Å². The molecule has 0 aromatic rings. The number of esters is 1. The summed E-state index contributed by atoms with van der Waals surface area (Å²) in [5, 5.41) is 22.6. The van der Waals surface area contributed by atoms with Crippen molar-refractivity contribution in [2.45, 2.75) is 104 Å². The summed E-state index contributed by atoms with van der Waals surface area (Å²) in [5.74, 6) is -3.51. The number of hydrogen-bond acceptors (Lipinski definition) is 7. The zero-order chi connectivity index (χ0) is 24.4. The van der Waals surface area contributed by atoms with Gasteiger partial charge in [0, 0.05) is 25.4 Å².